The fourth-order valence-corrected chi connectivity index (χ4v) is 3.11. The molecule has 25 heavy (non-hydrogen) atoms. The second-order valence-corrected chi connectivity index (χ2v) is 6.36. The van der Waals surface area contributed by atoms with Crippen LogP contribution in [0.2, 0.25) is 5.02 Å². The second kappa shape index (κ2) is 7.23. The number of halogens is 2. The van der Waals surface area contributed by atoms with Gasteiger partial charge < -0.3 is 9.64 Å². The van der Waals surface area contributed by atoms with Gasteiger partial charge in [0.25, 0.3) is 5.91 Å². The van der Waals surface area contributed by atoms with Gasteiger partial charge in [0.05, 0.1) is 10.6 Å². The van der Waals surface area contributed by atoms with E-state index in [2.05, 4.69) is 6.07 Å². The Balaban J connectivity index is 1.66. The van der Waals surface area contributed by atoms with Gasteiger partial charge in [0, 0.05) is 13.1 Å². The van der Waals surface area contributed by atoms with Crippen LogP contribution in [-0.4, -0.2) is 29.4 Å². The zero-order valence-electron chi connectivity index (χ0n) is 13.7. The summed E-state index contributed by atoms with van der Waals surface area (Å²) in [5, 5.41) is -0.0449. The van der Waals surface area contributed by atoms with Gasteiger partial charge in [0.1, 0.15) is 5.82 Å². The minimum atomic E-state index is -0.945. The number of rotatable bonds is 3. The standard InChI is InChI=1S/C19H17ClFNO3/c1-12(25-19(24)16-7-6-15(21)10-17(16)20)18(23)22-9-8-13-4-2-3-5-14(13)11-22/h2-7,10,12H,8-9,11H2,1H3/t12-/m1/s1. The Morgan fingerprint density at radius 3 is 2.64 bits per heavy atom. The normalized spacial score (nSPS) is 14.6. The number of esters is 1. The summed E-state index contributed by atoms with van der Waals surface area (Å²) in [7, 11) is 0. The predicted molar refractivity (Wildman–Crippen MR) is 91.9 cm³/mol. The number of amides is 1. The van der Waals surface area contributed by atoms with Gasteiger partial charge in [-0.25, -0.2) is 9.18 Å². The van der Waals surface area contributed by atoms with E-state index in [1.165, 1.54) is 18.6 Å². The van der Waals surface area contributed by atoms with E-state index in [9.17, 15) is 14.0 Å². The van der Waals surface area contributed by atoms with Crippen LogP contribution >= 0.6 is 11.6 Å². The molecule has 1 aliphatic rings. The first-order valence-electron chi connectivity index (χ1n) is 7.97. The quantitative estimate of drug-likeness (QED) is 0.785. The molecular formula is C19H17ClFNO3. The Morgan fingerprint density at radius 2 is 1.92 bits per heavy atom. The highest BCUT2D eigenvalue weighted by molar-refractivity contribution is 6.33. The zero-order chi connectivity index (χ0) is 18.0. The Bertz CT molecular complexity index is 824. The van der Waals surface area contributed by atoms with E-state index < -0.39 is 17.9 Å². The fraction of sp³-hybridized carbons (Fsp3) is 0.263. The summed E-state index contributed by atoms with van der Waals surface area (Å²) >= 11 is 5.86. The van der Waals surface area contributed by atoms with E-state index in [0.29, 0.717) is 13.1 Å². The third-order valence-electron chi connectivity index (χ3n) is 4.22. The van der Waals surface area contributed by atoms with E-state index in [1.807, 2.05) is 18.2 Å². The molecule has 0 unspecified atom stereocenters. The Labute approximate surface area is 150 Å². The van der Waals surface area contributed by atoms with Gasteiger partial charge >= 0.3 is 5.97 Å². The first kappa shape index (κ1) is 17.4. The molecular weight excluding hydrogens is 345 g/mol. The van der Waals surface area contributed by atoms with Crippen LogP contribution in [0, 0.1) is 5.82 Å². The summed E-state index contributed by atoms with van der Waals surface area (Å²) in [5.41, 5.74) is 2.36. The molecule has 0 fully saturated rings. The van der Waals surface area contributed by atoms with Crippen molar-refractivity contribution >= 4 is 23.5 Å². The van der Waals surface area contributed by atoms with Crippen LogP contribution in [0.4, 0.5) is 4.39 Å². The second-order valence-electron chi connectivity index (χ2n) is 5.95. The highest BCUT2D eigenvalue weighted by Gasteiger charge is 2.27. The smallest absolute Gasteiger partial charge is 0.340 e. The Hall–Kier alpha value is -2.40. The van der Waals surface area contributed by atoms with Gasteiger partial charge in [-0.15, -0.1) is 0 Å². The van der Waals surface area contributed by atoms with Gasteiger partial charge in [-0.3, -0.25) is 4.79 Å². The first-order chi connectivity index (χ1) is 12.0. The predicted octanol–water partition coefficient (Wildman–Crippen LogP) is 3.61. The maximum absolute atomic E-state index is 13.1. The zero-order valence-corrected chi connectivity index (χ0v) is 14.4. The van der Waals surface area contributed by atoms with E-state index in [-0.39, 0.29) is 16.5 Å². The monoisotopic (exact) mass is 361 g/mol. The number of hydrogen-bond acceptors (Lipinski definition) is 3. The lowest BCUT2D eigenvalue weighted by Gasteiger charge is -2.30. The Kier molecular flexibility index (Phi) is 5.04. The third-order valence-corrected chi connectivity index (χ3v) is 4.54. The average molecular weight is 362 g/mol. The molecule has 0 saturated carbocycles. The summed E-state index contributed by atoms with van der Waals surface area (Å²) in [6, 6.07) is 11.4. The molecule has 0 spiro atoms. The lowest BCUT2D eigenvalue weighted by atomic mass is 9.99. The van der Waals surface area contributed by atoms with Crippen molar-refractivity contribution < 1.29 is 18.7 Å². The van der Waals surface area contributed by atoms with Gasteiger partial charge in [0.2, 0.25) is 0 Å². The molecule has 0 radical (unpaired) electrons. The fourth-order valence-electron chi connectivity index (χ4n) is 2.87. The molecule has 0 saturated heterocycles. The first-order valence-corrected chi connectivity index (χ1v) is 8.35. The lowest BCUT2D eigenvalue weighted by Crippen LogP contribution is -2.42. The minimum Gasteiger partial charge on any atom is -0.449 e. The van der Waals surface area contributed by atoms with Crippen LogP contribution in [0.1, 0.15) is 28.4 Å². The number of nitrogens with zero attached hydrogens (tertiary/aromatic N) is 1. The molecule has 2 aromatic carbocycles. The molecule has 0 aliphatic carbocycles. The third kappa shape index (κ3) is 3.82. The van der Waals surface area contributed by atoms with Crippen LogP contribution in [0.25, 0.3) is 0 Å². The van der Waals surface area contributed by atoms with Crippen LogP contribution in [-0.2, 0) is 22.5 Å². The highest BCUT2D eigenvalue weighted by Crippen LogP contribution is 2.21. The van der Waals surface area contributed by atoms with Crippen molar-refractivity contribution in [3.63, 3.8) is 0 Å². The van der Waals surface area contributed by atoms with Crippen molar-refractivity contribution in [1.29, 1.82) is 0 Å². The molecule has 1 amide bonds. The van der Waals surface area contributed by atoms with Crippen LogP contribution < -0.4 is 0 Å². The van der Waals surface area contributed by atoms with Gasteiger partial charge in [-0.1, -0.05) is 35.9 Å². The molecule has 0 aromatic heterocycles. The largest absolute Gasteiger partial charge is 0.449 e. The average Bonchev–Trinajstić information content (AvgIpc) is 2.60. The van der Waals surface area contributed by atoms with E-state index in [4.69, 9.17) is 16.3 Å². The molecule has 1 atom stereocenters. The molecule has 4 nitrogen and oxygen atoms in total. The Morgan fingerprint density at radius 1 is 1.20 bits per heavy atom. The van der Waals surface area contributed by atoms with Crippen molar-refractivity contribution in [3.05, 3.63) is 70.0 Å². The minimum absolute atomic E-state index is 0.0340. The SMILES string of the molecule is C[C@@H](OC(=O)c1ccc(F)cc1Cl)C(=O)N1CCc2ccccc2C1. The highest BCUT2D eigenvalue weighted by atomic mass is 35.5. The van der Waals surface area contributed by atoms with Gasteiger partial charge in [0.15, 0.2) is 6.10 Å². The molecule has 1 aliphatic heterocycles. The molecule has 130 valence electrons. The molecule has 0 bridgehead atoms. The summed E-state index contributed by atoms with van der Waals surface area (Å²) in [5.74, 6) is -1.55. The number of carbonyl (C=O) groups is 2. The molecule has 2 aromatic rings. The van der Waals surface area contributed by atoms with Crippen LogP contribution in [0.15, 0.2) is 42.5 Å². The van der Waals surface area contributed by atoms with Crippen molar-refractivity contribution in [1.82, 2.24) is 4.90 Å². The number of benzene rings is 2. The van der Waals surface area contributed by atoms with E-state index in [0.717, 1.165) is 24.1 Å². The van der Waals surface area contributed by atoms with Gasteiger partial charge in [-0.05, 0) is 42.7 Å². The van der Waals surface area contributed by atoms with Crippen molar-refractivity contribution in [2.45, 2.75) is 26.0 Å². The maximum atomic E-state index is 13.1. The van der Waals surface area contributed by atoms with Crippen molar-refractivity contribution in [2.24, 2.45) is 0 Å². The summed E-state index contributed by atoms with van der Waals surface area (Å²) in [6.07, 6.45) is -0.175. The van der Waals surface area contributed by atoms with E-state index >= 15 is 0 Å². The summed E-state index contributed by atoms with van der Waals surface area (Å²) in [4.78, 5) is 26.4. The van der Waals surface area contributed by atoms with Crippen molar-refractivity contribution in [3.8, 4) is 0 Å². The van der Waals surface area contributed by atoms with E-state index in [1.54, 1.807) is 4.90 Å². The maximum Gasteiger partial charge on any atom is 0.340 e. The van der Waals surface area contributed by atoms with Crippen LogP contribution in [0.5, 0.6) is 0 Å². The summed E-state index contributed by atoms with van der Waals surface area (Å²) in [6.45, 7) is 2.60. The van der Waals surface area contributed by atoms with Crippen molar-refractivity contribution in [2.75, 3.05) is 6.54 Å². The number of carbonyl (C=O) groups excluding carboxylic acids is 2. The molecule has 6 heteroatoms. The lowest BCUT2D eigenvalue weighted by molar-refractivity contribution is -0.140. The topological polar surface area (TPSA) is 46.6 Å². The molecule has 1 heterocycles. The van der Waals surface area contributed by atoms with Crippen LogP contribution in [0.3, 0.4) is 0 Å². The number of hydrogen-bond donors (Lipinski definition) is 0. The summed E-state index contributed by atoms with van der Waals surface area (Å²) < 4.78 is 18.3. The number of fused-ring (bicyclic) bond motifs is 1. The molecule has 3 rings (SSSR count). The molecule has 0 N–H and O–H groups in total. The van der Waals surface area contributed by atoms with Gasteiger partial charge in [-0.2, -0.15) is 0 Å². The number of ether oxygens (including phenoxy) is 1.